The molecule has 0 aromatic heterocycles. The first-order valence-electron chi connectivity index (χ1n) is 5.76. The molecule has 23 heavy (non-hydrogen) atoms. The number of aromatic carboxylic acids is 1. The maximum absolute atomic E-state index is 10.3. The number of hydrogen-bond acceptors (Lipinski definition) is 3. The van der Waals surface area contributed by atoms with E-state index < -0.39 is 22.5 Å². The zero-order valence-electron chi connectivity index (χ0n) is 11.9. The van der Waals surface area contributed by atoms with Crippen molar-refractivity contribution < 1.29 is 36.0 Å². The van der Waals surface area contributed by atoms with E-state index >= 15 is 0 Å². The van der Waals surface area contributed by atoms with Crippen molar-refractivity contribution in [3.8, 4) is 0 Å². The van der Waals surface area contributed by atoms with E-state index in [2.05, 4.69) is 13.8 Å². The van der Waals surface area contributed by atoms with E-state index in [1.807, 2.05) is 30.3 Å². The van der Waals surface area contributed by atoms with E-state index in [0.717, 1.165) is 11.1 Å². The predicted molar refractivity (Wildman–Crippen MR) is 85.5 cm³/mol. The molecule has 7 heteroatoms. The quantitative estimate of drug-likeness (QED) is 0.555. The molecular formula is C16H14Cl2O4Pt. The molecule has 0 aliphatic rings. The number of hydrogen-bond donors (Lipinski definition) is 1. The summed E-state index contributed by atoms with van der Waals surface area (Å²) in [4.78, 5) is 26.5. The van der Waals surface area contributed by atoms with Gasteiger partial charge in [0.2, 0.25) is 0 Å². The Hall–Kier alpha value is -1.70. The van der Waals surface area contributed by atoms with Gasteiger partial charge in [0.1, 0.15) is 0 Å². The van der Waals surface area contributed by atoms with E-state index in [1.54, 1.807) is 12.1 Å². The molecule has 0 unspecified atom stereocenters. The summed E-state index contributed by atoms with van der Waals surface area (Å²) >= 11 is -0.472. The van der Waals surface area contributed by atoms with Crippen molar-refractivity contribution in [2.75, 3.05) is 0 Å². The molecule has 0 bridgehead atoms. The Bertz CT molecular complexity index is 568. The van der Waals surface area contributed by atoms with Gasteiger partial charge in [0, 0.05) is 5.56 Å². The molecule has 2 rings (SSSR count). The predicted octanol–water partition coefficient (Wildman–Crippen LogP) is 4.23. The molecule has 0 amide bonds. The fraction of sp³-hybridized carbons (Fsp3) is 0. The van der Waals surface area contributed by atoms with Crippen molar-refractivity contribution in [3.05, 3.63) is 85.1 Å². The van der Waals surface area contributed by atoms with Gasteiger partial charge in [-0.1, -0.05) is 6.07 Å². The molecule has 0 spiro atoms. The van der Waals surface area contributed by atoms with Crippen LogP contribution >= 0.6 is 18.8 Å². The molecule has 0 atom stereocenters. The van der Waals surface area contributed by atoms with Crippen LogP contribution in [0.4, 0.5) is 0 Å². The molecule has 0 saturated carbocycles. The Morgan fingerprint density at radius 1 is 0.913 bits per heavy atom. The molecule has 0 fully saturated rings. The van der Waals surface area contributed by atoms with Gasteiger partial charge in [-0.3, -0.25) is 0 Å². The van der Waals surface area contributed by atoms with E-state index in [0.29, 0.717) is 5.56 Å². The molecule has 4 nitrogen and oxygen atoms in total. The number of halogens is 2. The molecule has 2 aromatic rings. The van der Waals surface area contributed by atoms with Crippen LogP contribution in [0.3, 0.4) is 0 Å². The van der Waals surface area contributed by atoms with Gasteiger partial charge in [-0.05, 0) is 0 Å². The van der Waals surface area contributed by atoms with Gasteiger partial charge in [-0.15, -0.1) is 24.3 Å². The summed E-state index contributed by atoms with van der Waals surface area (Å²) in [6, 6.07) is 16.3. The van der Waals surface area contributed by atoms with Gasteiger partial charge in [0.25, 0.3) is 0 Å². The van der Waals surface area contributed by atoms with Crippen LogP contribution in [-0.4, -0.2) is 17.2 Å². The van der Waals surface area contributed by atoms with Gasteiger partial charge in [0.15, 0.2) is 0 Å². The molecule has 0 aliphatic heterocycles. The molecular weight excluding hydrogens is 522 g/mol. The maximum atomic E-state index is 10.3. The Labute approximate surface area is 151 Å². The Balaban J connectivity index is 0. The van der Waals surface area contributed by atoms with Crippen LogP contribution in [-0.2, 0) is 26.1 Å². The summed E-state index contributed by atoms with van der Waals surface area (Å²) in [6.45, 7) is 7.35. The minimum absolute atomic E-state index is 0.250. The van der Waals surface area contributed by atoms with Gasteiger partial charge in [0.05, 0.1) is 0 Å². The Morgan fingerprint density at radius 3 is 1.52 bits per heavy atom. The number of rotatable bonds is 1. The molecule has 0 aliphatic carbocycles. The van der Waals surface area contributed by atoms with Gasteiger partial charge in [-0.2, -0.15) is 58.8 Å². The van der Waals surface area contributed by atoms with Crippen LogP contribution < -0.4 is 0 Å². The fourth-order valence-corrected chi connectivity index (χ4v) is 1.13. The van der Waals surface area contributed by atoms with E-state index in [-0.39, 0.29) is 6.15 Å². The Kier molecular flexibility index (Phi) is 17.1. The van der Waals surface area contributed by atoms with E-state index in [9.17, 15) is 4.79 Å². The third-order valence-corrected chi connectivity index (χ3v) is 2.04. The van der Waals surface area contributed by atoms with Crippen molar-refractivity contribution in [1.29, 1.82) is 0 Å². The summed E-state index contributed by atoms with van der Waals surface area (Å²) in [5.41, 5.74) is 2.19. The number of carbonyl (C=O) groups is 1. The fourth-order valence-electron chi connectivity index (χ4n) is 1.13. The number of carboxylic acid groups (broad SMARTS) is 1. The normalized spacial score (nSPS) is 7.91. The van der Waals surface area contributed by atoms with Crippen LogP contribution in [0.2, 0.25) is 0 Å². The zero-order chi connectivity index (χ0) is 18.1. The van der Waals surface area contributed by atoms with Crippen molar-refractivity contribution in [3.63, 3.8) is 0 Å². The third kappa shape index (κ3) is 16.5. The second-order valence-electron chi connectivity index (χ2n) is 3.62. The van der Waals surface area contributed by atoms with Gasteiger partial charge < -0.3 is 5.11 Å². The van der Waals surface area contributed by atoms with Crippen LogP contribution in [0.25, 0.3) is 0 Å². The number of benzene rings is 2. The van der Waals surface area contributed by atoms with Crippen LogP contribution in [0.15, 0.2) is 54.6 Å². The Morgan fingerprint density at radius 2 is 1.26 bits per heavy atom. The molecule has 0 radical (unpaired) electrons. The minimum atomic E-state index is -0.903. The van der Waals surface area contributed by atoms with Gasteiger partial charge in [-0.25, -0.2) is 4.79 Å². The summed E-state index contributed by atoms with van der Waals surface area (Å²) in [5.74, 6) is -0.903. The van der Waals surface area contributed by atoms with E-state index in [4.69, 9.17) is 33.5 Å². The molecule has 126 valence electrons. The van der Waals surface area contributed by atoms with Crippen LogP contribution in [0.5, 0.6) is 0 Å². The first-order valence-corrected chi connectivity index (χ1v) is 11.4. The topological polar surface area (TPSA) is 71.4 Å². The second kappa shape index (κ2) is 16.7. The standard InChI is InChI=1S/C8H7O2.C7H7.CO2.2ClH.Pt/c1-6-2-4-7(5-3-6)8(9)10;1-7-5-3-2-4-6-7;2-1-3;;;/h2-5H,1H2,(H,9,10);2-6H,1H2;;2*1H;/q2*-1;;;;+4/p-2. The van der Waals surface area contributed by atoms with Crippen molar-refractivity contribution in [2.45, 2.75) is 0 Å². The SMILES string of the molecule is O=C=O.[CH2-]c1ccc(C(=O)O)cc1.[CH2-]c1ccccc1.[Cl][Pt+2][Cl]. The van der Waals surface area contributed by atoms with Crippen molar-refractivity contribution >= 4 is 31.0 Å². The molecule has 1 N–H and O–H groups in total. The van der Waals surface area contributed by atoms with Crippen molar-refractivity contribution in [2.24, 2.45) is 0 Å². The van der Waals surface area contributed by atoms with Crippen LogP contribution in [0.1, 0.15) is 21.5 Å². The summed E-state index contributed by atoms with van der Waals surface area (Å²) in [6.07, 6.45) is 0.250. The number of carbonyl (C=O) groups excluding carboxylic acids is 2. The zero-order valence-corrected chi connectivity index (χ0v) is 15.6. The molecule has 0 saturated heterocycles. The van der Waals surface area contributed by atoms with Crippen molar-refractivity contribution in [1.82, 2.24) is 0 Å². The van der Waals surface area contributed by atoms with E-state index in [1.165, 1.54) is 12.1 Å². The third-order valence-electron chi connectivity index (χ3n) is 2.04. The first-order chi connectivity index (χ1) is 10.9. The first kappa shape index (κ1) is 23.6. The average molecular weight is 536 g/mol. The van der Waals surface area contributed by atoms with Gasteiger partial charge >= 0.3 is 47.4 Å². The molecule has 0 heterocycles. The van der Waals surface area contributed by atoms with Crippen LogP contribution in [0, 0.1) is 13.8 Å². The number of carboxylic acids is 1. The summed E-state index contributed by atoms with van der Waals surface area (Å²) in [7, 11) is 9.75. The summed E-state index contributed by atoms with van der Waals surface area (Å²) in [5, 5.41) is 8.46. The summed E-state index contributed by atoms with van der Waals surface area (Å²) < 4.78 is 0. The second-order valence-corrected chi connectivity index (χ2v) is 6.90. The average Bonchev–Trinajstić information content (AvgIpc) is 2.51. The molecule has 2 aromatic carbocycles. The monoisotopic (exact) mass is 535 g/mol.